The van der Waals surface area contributed by atoms with E-state index in [0.29, 0.717) is 18.7 Å². The quantitative estimate of drug-likeness (QED) is 0.458. The number of ketones is 1. The molecule has 0 radical (unpaired) electrons. The number of carbonyl (C=O) groups excluding carboxylic acids is 2. The van der Waals surface area contributed by atoms with Crippen LogP contribution < -0.4 is 0 Å². The summed E-state index contributed by atoms with van der Waals surface area (Å²) in [4.78, 5) is 24.5. The average molecular weight is 289 g/mol. The first-order valence-electron chi connectivity index (χ1n) is 7.65. The van der Waals surface area contributed by atoms with Gasteiger partial charge in [-0.3, -0.25) is 4.79 Å². The lowest BCUT2D eigenvalue weighted by molar-refractivity contribution is 0.0512. The van der Waals surface area contributed by atoms with Gasteiger partial charge in [-0.2, -0.15) is 0 Å². The molecular weight excluding hydrogens is 266 g/mol. The lowest BCUT2D eigenvalue weighted by Crippen LogP contribution is -2.16. The first kappa shape index (κ1) is 15.5. The van der Waals surface area contributed by atoms with E-state index in [4.69, 9.17) is 4.74 Å². The molecule has 0 spiro atoms. The second-order valence-electron chi connectivity index (χ2n) is 5.38. The minimum Gasteiger partial charge on any atom is -0.461 e. The molecule has 0 saturated heterocycles. The molecule has 2 rings (SSSR count). The van der Waals surface area contributed by atoms with Crippen LogP contribution in [0.15, 0.2) is 12.7 Å². The van der Waals surface area contributed by atoms with Gasteiger partial charge in [-0.25, -0.2) is 4.79 Å². The first-order chi connectivity index (χ1) is 10.1. The van der Waals surface area contributed by atoms with E-state index >= 15 is 0 Å². The van der Waals surface area contributed by atoms with Crippen molar-refractivity contribution in [3.05, 3.63) is 35.2 Å². The van der Waals surface area contributed by atoms with Crippen molar-refractivity contribution in [3.8, 4) is 0 Å². The Balaban J connectivity index is 2.47. The highest BCUT2D eigenvalue weighted by Gasteiger charge is 2.30. The van der Waals surface area contributed by atoms with E-state index in [1.54, 1.807) is 6.92 Å². The number of hydrogen-bond donors (Lipinski definition) is 0. The van der Waals surface area contributed by atoms with E-state index in [0.717, 1.165) is 49.0 Å². The minimum atomic E-state index is -0.323. The van der Waals surface area contributed by atoms with E-state index in [1.807, 2.05) is 17.6 Å². The molecule has 21 heavy (non-hydrogen) atoms. The second-order valence-corrected chi connectivity index (χ2v) is 5.38. The zero-order chi connectivity index (χ0) is 15.4. The number of fused-ring (bicyclic) bond motifs is 1. The molecule has 0 unspecified atom stereocenters. The molecule has 1 aliphatic rings. The summed E-state index contributed by atoms with van der Waals surface area (Å²) in [7, 11) is 0. The maximum absolute atomic E-state index is 12.3. The van der Waals surface area contributed by atoms with Gasteiger partial charge in [0.25, 0.3) is 0 Å². The number of rotatable bonds is 6. The molecular formula is C17H23NO3. The van der Waals surface area contributed by atoms with Crippen LogP contribution in [0.25, 0.3) is 0 Å². The Labute approximate surface area is 125 Å². The molecule has 1 heterocycles. The Morgan fingerprint density at radius 1 is 1.43 bits per heavy atom. The summed E-state index contributed by atoms with van der Waals surface area (Å²) < 4.78 is 7.18. The lowest BCUT2D eigenvalue weighted by Gasteiger charge is -2.16. The van der Waals surface area contributed by atoms with Crippen molar-refractivity contribution >= 4 is 11.8 Å². The number of unbranched alkanes of at least 4 members (excludes halogenated alkanes) is 1. The largest absolute Gasteiger partial charge is 0.461 e. The molecule has 0 aromatic carbocycles. The fourth-order valence-corrected chi connectivity index (χ4v) is 3.08. The van der Waals surface area contributed by atoms with Crippen LogP contribution in [0.3, 0.4) is 0 Å². The van der Waals surface area contributed by atoms with Crippen molar-refractivity contribution in [2.45, 2.75) is 52.5 Å². The summed E-state index contributed by atoms with van der Waals surface area (Å²) in [5.74, 6) is -0.169. The molecule has 1 aromatic heterocycles. The third kappa shape index (κ3) is 2.94. The van der Waals surface area contributed by atoms with Gasteiger partial charge in [-0.1, -0.05) is 6.08 Å². The Bertz CT molecular complexity index is 569. The molecule has 0 bridgehead atoms. The highest BCUT2D eigenvalue weighted by Crippen LogP contribution is 2.30. The zero-order valence-corrected chi connectivity index (χ0v) is 12.9. The third-order valence-corrected chi connectivity index (χ3v) is 3.97. The van der Waals surface area contributed by atoms with Crippen molar-refractivity contribution in [2.24, 2.45) is 0 Å². The van der Waals surface area contributed by atoms with Crippen LogP contribution in [-0.4, -0.2) is 22.9 Å². The Hall–Kier alpha value is -1.84. The van der Waals surface area contributed by atoms with Crippen molar-refractivity contribution in [3.63, 3.8) is 0 Å². The fourth-order valence-electron chi connectivity index (χ4n) is 3.08. The SMILES string of the molecule is C=CCCCn1c2c(c(C)c1C(=O)OCC)C(=O)CCC2. The molecule has 0 atom stereocenters. The van der Waals surface area contributed by atoms with Crippen molar-refractivity contribution < 1.29 is 14.3 Å². The maximum atomic E-state index is 12.3. The zero-order valence-electron chi connectivity index (χ0n) is 12.9. The maximum Gasteiger partial charge on any atom is 0.355 e. The molecule has 1 aliphatic carbocycles. The van der Waals surface area contributed by atoms with E-state index in [2.05, 4.69) is 6.58 Å². The van der Waals surface area contributed by atoms with Crippen LogP contribution >= 0.6 is 0 Å². The van der Waals surface area contributed by atoms with Crippen LogP contribution in [0.2, 0.25) is 0 Å². The lowest BCUT2D eigenvalue weighted by atomic mass is 9.93. The summed E-state index contributed by atoms with van der Waals surface area (Å²) in [6.45, 7) is 8.45. The summed E-state index contributed by atoms with van der Waals surface area (Å²) in [5, 5.41) is 0. The highest BCUT2D eigenvalue weighted by molar-refractivity contribution is 6.03. The normalized spacial score (nSPS) is 13.9. The Kier molecular flexibility index (Phi) is 4.99. The monoisotopic (exact) mass is 289 g/mol. The van der Waals surface area contributed by atoms with Gasteiger partial charge >= 0.3 is 5.97 Å². The number of nitrogens with zero attached hydrogens (tertiary/aromatic N) is 1. The van der Waals surface area contributed by atoms with Gasteiger partial charge in [-0.15, -0.1) is 6.58 Å². The average Bonchev–Trinajstić information content (AvgIpc) is 2.74. The number of carbonyl (C=O) groups is 2. The van der Waals surface area contributed by atoms with Gasteiger partial charge in [0.05, 0.1) is 6.61 Å². The molecule has 4 nitrogen and oxygen atoms in total. The molecule has 0 N–H and O–H groups in total. The fraction of sp³-hybridized carbons (Fsp3) is 0.529. The Morgan fingerprint density at radius 3 is 2.86 bits per heavy atom. The van der Waals surface area contributed by atoms with Gasteiger partial charge in [-0.05, 0) is 45.1 Å². The standard InChI is InChI=1S/C17H23NO3/c1-4-6-7-11-18-13-9-8-10-14(19)15(13)12(3)16(18)17(20)21-5-2/h4H,1,5-11H2,2-3H3. The van der Waals surface area contributed by atoms with Crippen LogP contribution in [-0.2, 0) is 17.7 Å². The van der Waals surface area contributed by atoms with Crippen LogP contribution in [0, 0.1) is 6.92 Å². The molecule has 0 aliphatic heterocycles. The van der Waals surface area contributed by atoms with Crippen LogP contribution in [0.4, 0.5) is 0 Å². The minimum absolute atomic E-state index is 0.154. The van der Waals surface area contributed by atoms with Crippen molar-refractivity contribution in [1.82, 2.24) is 4.57 Å². The van der Waals surface area contributed by atoms with Gasteiger partial charge in [0.15, 0.2) is 5.78 Å². The van der Waals surface area contributed by atoms with Crippen molar-refractivity contribution in [2.75, 3.05) is 6.61 Å². The topological polar surface area (TPSA) is 48.3 Å². The molecule has 0 fully saturated rings. The van der Waals surface area contributed by atoms with E-state index < -0.39 is 0 Å². The highest BCUT2D eigenvalue weighted by atomic mass is 16.5. The van der Waals surface area contributed by atoms with Crippen LogP contribution in [0.1, 0.15) is 64.7 Å². The molecule has 0 amide bonds. The molecule has 0 saturated carbocycles. The van der Waals surface area contributed by atoms with E-state index in [1.165, 1.54) is 0 Å². The number of allylic oxidation sites excluding steroid dienone is 1. The van der Waals surface area contributed by atoms with Crippen molar-refractivity contribution in [1.29, 1.82) is 0 Å². The third-order valence-electron chi connectivity index (χ3n) is 3.97. The number of ether oxygens (including phenoxy) is 1. The summed E-state index contributed by atoms with van der Waals surface area (Å²) in [6.07, 6.45) is 5.96. The van der Waals surface area contributed by atoms with Gasteiger partial charge in [0, 0.05) is 24.2 Å². The molecule has 4 heteroatoms. The predicted molar refractivity (Wildman–Crippen MR) is 81.8 cm³/mol. The summed E-state index contributed by atoms with van der Waals surface area (Å²) >= 11 is 0. The molecule has 1 aromatic rings. The van der Waals surface area contributed by atoms with Gasteiger partial charge in [0.1, 0.15) is 5.69 Å². The Morgan fingerprint density at radius 2 is 2.19 bits per heavy atom. The first-order valence-corrected chi connectivity index (χ1v) is 7.65. The predicted octanol–water partition coefficient (Wildman–Crippen LogP) is 3.46. The number of hydrogen-bond acceptors (Lipinski definition) is 3. The number of esters is 1. The summed E-state index contributed by atoms with van der Waals surface area (Å²) in [6, 6.07) is 0. The second kappa shape index (κ2) is 6.74. The smallest absolute Gasteiger partial charge is 0.355 e. The van der Waals surface area contributed by atoms with Gasteiger partial charge in [0.2, 0.25) is 0 Å². The summed E-state index contributed by atoms with van der Waals surface area (Å²) in [5.41, 5.74) is 3.10. The van der Waals surface area contributed by atoms with E-state index in [-0.39, 0.29) is 11.8 Å². The number of aromatic nitrogens is 1. The van der Waals surface area contributed by atoms with E-state index in [9.17, 15) is 9.59 Å². The van der Waals surface area contributed by atoms with Gasteiger partial charge < -0.3 is 9.30 Å². The molecule has 114 valence electrons. The number of Topliss-reactive ketones (excluding diaryl/α,β-unsaturated/α-hetero) is 1. The van der Waals surface area contributed by atoms with Crippen LogP contribution in [0.5, 0.6) is 0 Å².